The van der Waals surface area contributed by atoms with Crippen molar-refractivity contribution in [1.82, 2.24) is 14.7 Å². The van der Waals surface area contributed by atoms with Gasteiger partial charge < -0.3 is 9.64 Å². The van der Waals surface area contributed by atoms with Gasteiger partial charge in [-0.25, -0.2) is 8.89 Å². The molecular weight excluding hydrogens is 328 g/mol. The molecule has 4 heterocycles. The normalized spacial score (nSPS) is 32.6. The summed E-state index contributed by atoms with van der Waals surface area (Å²) in [7, 11) is -2.58. The zero-order valence-corrected chi connectivity index (χ0v) is 14.9. The SMILES string of the molecule is Cc1c(C(=O)N2CCCC23CCCS(=N)(=O)C3)nn2c1OCCC2. The summed E-state index contributed by atoms with van der Waals surface area (Å²) in [6.07, 6.45) is 4.25. The highest BCUT2D eigenvalue weighted by atomic mass is 32.2. The first-order valence-corrected chi connectivity index (χ1v) is 10.6. The van der Waals surface area contributed by atoms with Crippen LogP contribution in [0.4, 0.5) is 0 Å². The Hall–Kier alpha value is -1.57. The lowest BCUT2D eigenvalue weighted by Gasteiger charge is -2.41. The highest BCUT2D eigenvalue weighted by molar-refractivity contribution is 7.92. The van der Waals surface area contributed by atoms with Crippen LogP contribution in [0.15, 0.2) is 0 Å². The molecule has 2 fully saturated rings. The molecule has 0 aromatic carbocycles. The first-order chi connectivity index (χ1) is 11.4. The Labute approximate surface area is 142 Å². The predicted octanol–water partition coefficient (Wildman–Crippen LogP) is 1.79. The average Bonchev–Trinajstić information content (AvgIpc) is 3.08. The van der Waals surface area contributed by atoms with E-state index in [1.807, 2.05) is 11.8 Å². The molecule has 0 saturated carbocycles. The third kappa shape index (κ3) is 2.42. The van der Waals surface area contributed by atoms with Crippen molar-refractivity contribution >= 4 is 15.6 Å². The zero-order valence-electron chi connectivity index (χ0n) is 14.0. The molecule has 2 atom stereocenters. The summed E-state index contributed by atoms with van der Waals surface area (Å²) in [5.41, 5.74) is 0.838. The van der Waals surface area contributed by atoms with E-state index in [9.17, 15) is 9.00 Å². The largest absolute Gasteiger partial charge is 0.478 e. The van der Waals surface area contributed by atoms with Crippen molar-refractivity contribution in [2.45, 2.75) is 51.1 Å². The van der Waals surface area contributed by atoms with Crippen LogP contribution in [-0.2, 0) is 16.3 Å². The fourth-order valence-electron chi connectivity index (χ4n) is 4.46. The summed E-state index contributed by atoms with van der Waals surface area (Å²) in [6, 6.07) is 0. The van der Waals surface area contributed by atoms with Gasteiger partial charge >= 0.3 is 0 Å². The molecule has 7 nitrogen and oxygen atoms in total. The number of aromatic nitrogens is 2. The van der Waals surface area contributed by atoms with Gasteiger partial charge in [-0.05, 0) is 32.6 Å². The van der Waals surface area contributed by atoms with Crippen molar-refractivity contribution in [3.05, 3.63) is 11.3 Å². The topological polar surface area (TPSA) is 88.3 Å². The van der Waals surface area contributed by atoms with Crippen LogP contribution in [0.1, 0.15) is 48.2 Å². The smallest absolute Gasteiger partial charge is 0.275 e. The predicted molar refractivity (Wildman–Crippen MR) is 89.9 cm³/mol. The quantitative estimate of drug-likeness (QED) is 0.834. The number of rotatable bonds is 1. The summed E-state index contributed by atoms with van der Waals surface area (Å²) in [4.78, 5) is 15.1. The maximum absolute atomic E-state index is 13.2. The molecule has 1 aromatic rings. The van der Waals surface area contributed by atoms with Crippen LogP contribution < -0.4 is 4.74 Å². The Balaban J connectivity index is 1.68. The minimum atomic E-state index is -2.58. The number of hydrogen-bond acceptors (Lipinski definition) is 5. The van der Waals surface area contributed by atoms with Crippen LogP contribution in [0.25, 0.3) is 0 Å². The van der Waals surface area contributed by atoms with Crippen molar-refractivity contribution in [2.24, 2.45) is 0 Å². The minimum absolute atomic E-state index is 0.0902. The molecule has 1 N–H and O–H groups in total. The molecule has 24 heavy (non-hydrogen) atoms. The first-order valence-electron chi connectivity index (χ1n) is 8.68. The molecule has 1 aromatic heterocycles. The Morgan fingerprint density at radius 3 is 2.83 bits per heavy atom. The summed E-state index contributed by atoms with van der Waals surface area (Å²) < 4.78 is 27.9. The molecule has 3 aliphatic heterocycles. The standard InChI is InChI=1S/C16H24N4O3S/c1-12-13(18-20-8-4-9-23-15(12)20)14(21)19-7-2-5-16(19)6-3-10-24(17,22)11-16/h17H,2-11H2,1H3. The van der Waals surface area contributed by atoms with Crippen molar-refractivity contribution in [2.75, 3.05) is 24.7 Å². The van der Waals surface area contributed by atoms with Gasteiger partial charge in [-0.3, -0.25) is 9.57 Å². The molecule has 2 unspecified atom stereocenters. The Bertz CT molecular complexity index is 785. The van der Waals surface area contributed by atoms with E-state index >= 15 is 0 Å². The van der Waals surface area contributed by atoms with E-state index in [0.29, 0.717) is 36.2 Å². The van der Waals surface area contributed by atoms with Crippen molar-refractivity contribution in [3.63, 3.8) is 0 Å². The van der Waals surface area contributed by atoms with E-state index in [2.05, 4.69) is 5.10 Å². The van der Waals surface area contributed by atoms with E-state index in [0.717, 1.165) is 44.2 Å². The average molecular weight is 352 g/mol. The molecule has 4 rings (SSSR count). The van der Waals surface area contributed by atoms with Crippen LogP contribution in [0, 0.1) is 11.7 Å². The molecule has 0 aliphatic carbocycles. The number of aryl methyl sites for hydroxylation is 1. The van der Waals surface area contributed by atoms with Crippen LogP contribution >= 0.6 is 0 Å². The lowest BCUT2D eigenvalue weighted by atomic mass is 9.92. The van der Waals surface area contributed by atoms with Gasteiger partial charge in [-0.2, -0.15) is 5.10 Å². The molecule has 0 radical (unpaired) electrons. The molecule has 1 spiro atoms. The molecule has 2 saturated heterocycles. The van der Waals surface area contributed by atoms with Gasteiger partial charge in [0.2, 0.25) is 5.88 Å². The van der Waals surface area contributed by atoms with Gasteiger partial charge in [0.25, 0.3) is 5.91 Å². The third-order valence-corrected chi connectivity index (χ3v) is 7.50. The van der Waals surface area contributed by atoms with E-state index in [-0.39, 0.29) is 5.91 Å². The number of nitrogens with zero attached hydrogens (tertiary/aromatic N) is 3. The summed E-state index contributed by atoms with van der Waals surface area (Å²) in [5.74, 6) is 1.38. The Morgan fingerprint density at radius 2 is 2.08 bits per heavy atom. The van der Waals surface area contributed by atoms with Crippen LogP contribution in [-0.4, -0.2) is 55.0 Å². The summed E-state index contributed by atoms with van der Waals surface area (Å²) >= 11 is 0. The van der Waals surface area contributed by atoms with Gasteiger partial charge in [0.15, 0.2) is 5.69 Å². The highest BCUT2D eigenvalue weighted by Crippen LogP contribution is 2.40. The monoisotopic (exact) mass is 352 g/mol. The molecular formula is C16H24N4O3S. The second-order valence-corrected chi connectivity index (χ2v) is 9.57. The molecule has 132 valence electrons. The molecule has 0 bridgehead atoms. The number of fused-ring (bicyclic) bond motifs is 1. The lowest BCUT2D eigenvalue weighted by Crippen LogP contribution is -2.54. The van der Waals surface area contributed by atoms with Crippen molar-refractivity contribution in [3.8, 4) is 5.88 Å². The zero-order chi connectivity index (χ0) is 16.9. The van der Waals surface area contributed by atoms with Crippen molar-refractivity contribution in [1.29, 1.82) is 4.78 Å². The fraction of sp³-hybridized carbons (Fsp3) is 0.750. The van der Waals surface area contributed by atoms with Crippen LogP contribution in [0.3, 0.4) is 0 Å². The van der Waals surface area contributed by atoms with E-state index < -0.39 is 15.3 Å². The number of amides is 1. The van der Waals surface area contributed by atoms with Crippen LogP contribution in [0.2, 0.25) is 0 Å². The molecule has 1 amide bonds. The number of hydrogen-bond donors (Lipinski definition) is 1. The highest BCUT2D eigenvalue weighted by Gasteiger charge is 2.48. The van der Waals surface area contributed by atoms with Crippen LogP contribution in [0.5, 0.6) is 5.88 Å². The maximum atomic E-state index is 13.2. The van der Waals surface area contributed by atoms with E-state index in [4.69, 9.17) is 9.52 Å². The van der Waals surface area contributed by atoms with Gasteiger partial charge in [0, 0.05) is 40.6 Å². The number of likely N-dealkylation sites (tertiary alicyclic amines) is 1. The first kappa shape index (κ1) is 15.9. The van der Waals surface area contributed by atoms with Gasteiger partial charge in [-0.1, -0.05) is 0 Å². The molecule has 3 aliphatic rings. The fourth-order valence-corrected chi connectivity index (χ4v) is 6.53. The maximum Gasteiger partial charge on any atom is 0.275 e. The second-order valence-electron chi connectivity index (χ2n) is 7.25. The number of carbonyl (C=O) groups excluding carboxylic acids is 1. The second kappa shape index (κ2) is 5.47. The van der Waals surface area contributed by atoms with Gasteiger partial charge in [0.1, 0.15) is 0 Å². The minimum Gasteiger partial charge on any atom is -0.478 e. The van der Waals surface area contributed by atoms with E-state index in [1.165, 1.54) is 0 Å². The lowest BCUT2D eigenvalue weighted by molar-refractivity contribution is 0.0601. The number of carbonyl (C=O) groups is 1. The number of nitrogens with one attached hydrogen (secondary N) is 1. The summed E-state index contributed by atoms with van der Waals surface area (Å²) in [5, 5.41) is 4.49. The third-order valence-electron chi connectivity index (χ3n) is 5.55. The number of ether oxygens (including phenoxy) is 1. The summed E-state index contributed by atoms with van der Waals surface area (Å²) in [6.45, 7) is 3.98. The van der Waals surface area contributed by atoms with Crippen molar-refractivity contribution < 1.29 is 13.7 Å². The Morgan fingerprint density at radius 1 is 1.29 bits per heavy atom. The van der Waals surface area contributed by atoms with Gasteiger partial charge in [0.05, 0.1) is 17.9 Å². The molecule has 8 heteroatoms. The Kier molecular flexibility index (Phi) is 3.63. The van der Waals surface area contributed by atoms with E-state index in [1.54, 1.807) is 4.68 Å². The van der Waals surface area contributed by atoms with Gasteiger partial charge in [-0.15, -0.1) is 0 Å².